The molecule has 2 fully saturated rings. The van der Waals surface area contributed by atoms with Crippen molar-refractivity contribution in [2.75, 3.05) is 58.7 Å². The highest BCUT2D eigenvalue weighted by atomic mass is 32.2. The van der Waals surface area contributed by atoms with E-state index in [4.69, 9.17) is 4.74 Å². The summed E-state index contributed by atoms with van der Waals surface area (Å²) in [6.45, 7) is 4.31. The summed E-state index contributed by atoms with van der Waals surface area (Å²) in [6, 6.07) is 9.29. The fourth-order valence-corrected chi connectivity index (χ4v) is 4.57. The number of piperazine rings is 1. The minimum atomic E-state index is -0.289. The summed E-state index contributed by atoms with van der Waals surface area (Å²) < 4.78 is 4.80. The Morgan fingerprint density at radius 2 is 1.81 bits per heavy atom. The highest BCUT2D eigenvalue weighted by Crippen LogP contribution is 2.19. The first-order chi connectivity index (χ1) is 13.1. The van der Waals surface area contributed by atoms with Crippen LogP contribution in [0, 0.1) is 0 Å². The molecule has 1 aromatic rings. The summed E-state index contributed by atoms with van der Waals surface area (Å²) in [5, 5.41) is -0.289. The van der Waals surface area contributed by atoms with Crippen LogP contribution in [0.25, 0.3) is 0 Å². The first-order valence-corrected chi connectivity index (χ1v) is 10.3. The normalized spacial score (nSPS) is 21.0. The van der Waals surface area contributed by atoms with Crippen LogP contribution >= 0.6 is 11.8 Å². The molecular formula is C19H26N3O4S+. The summed E-state index contributed by atoms with van der Waals surface area (Å²) in [5.74, 6) is 0.607. The third-order valence-corrected chi connectivity index (χ3v) is 6.23. The number of amides is 2. The lowest BCUT2D eigenvalue weighted by Gasteiger charge is -2.35. The Bertz CT molecular complexity index is 677. The second-order valence-electron chi connectivity index (χ2n) is 6.81. The van der Waals surface area contributed by atoms with Gasteiger partial charge >= 0.3 is 5.97 Å². The topological polar surface area (TPSA) is 71.4 Å². The van der Waals surface area contributed by atoms with Gasteiger partial charge in [-0.05, 0) is 12.1 Å². The van der Waals surface area contributed by atoms with Gasteiger partial charge in [-0.25, -0.2) is 0 Å². The Morgan fingerprint density at radius 3 is 2.48 bits per heavy atom. The fraction of sp³-hybridized carbons (Fsp3) is 0.526. The molecule has 2 amide bonds. The third-order valence-electron chi connectivity index (χ3n) is 5.06. The van der Waals surface area contributed by atoms with E-state index in [1.54, 1.807) is 16.7 Å². The number of hydrogen-bond donors (Lipinski definition) is 1. The minimum Gasteiger partial charge on any atom is -0.468 e. The number of ether oxygens (including phenoxy) is 1. The van der Waals surface area contributed by atoms with E-state index >= 15 is 0 Å². The van der Waals surface area contributed by atoms with Crippen LogP contribution in [0.4, 0.5) is 0 Å². The lowest BCUT2D eigenvalue weighted by Crippen LogP contribution is -3.15. The van der Waals surface area contributed by atoms with Crippen molar-refractivity contribution < 1.29 is 24.0 Å². The molecule has 0 aliphatic carbocycles. The Morgan fingerprint density at radius 1 is 1.11 bits per heavy atom. The van der Waals surface area contributed by atoms with Crippen LogP contribution in [0.15, 0.2) is 30.3 Å². The number of carbonyl (C=O) groups excluding carboxylic acids is 3. The second-order valence-corrected chi connectivity index (χ2v) is 8.12. The molecule has 0 radical (unpaired) electrons. The zero-order chi connectivity index (χ0) is 19.2. The summed E-state index contributed by atoms with van der Waals surface area (Å²) in [4.78, 5) is 41.7. The van der Waals surface area contributed by atoms with Gasteiger partial charge in [0, 0.05) is 24.4 Å². The molecule has 0 saturated carbocycles. The van der Waals surface area contributed by atoms with Crippen molar-refractivity contribution in [3.8, 4) is 0 Å². The van der Waals surface area contributed by atoms with E-state index in [0.29, 0.717) is 38.3 Å². The maximum absolute atomic E-state index is 12.6. The maximum atomic E-state index is 12.6. The van der Waals surface area contributed by atoms with E-state index in [9.17, 15) is 14.4 Å². The lowest BCUT2D eigenvalue weighted by atomic mass is 10.2. The summed E-state index contributed by atoms with van der Waals surface area (Å²) >= 11 is 1.55. The number of nitrogens with zero attached hydrogens (tertiary/aromatic N) is 2. The minimum absolute atomic E-state index is 0.0509. The molecule has 0 spiro atoms. The first kappa shape index (κ1) is 19.7. The van der Waals surface area contributed by atoms with Crippen LogP contribution in [0.3, 0.4) is 0 Å². The molecule has 1 atom stereocenters. The van der Waals surface area contributed by atoms with Crippen LogP contribution in [0.1, 0.15) is 10.4 Å². The van der Waals surface area contributed by atoms with Crippen molar-refractivity contribution in [1.29, 1.82) is 0 Å². The molecule has 2 aliphatic rings. The molecule has 3 rings (SSSR count). The largest absolute Gasteiger partial charge is 0.468 e. The molecule has 0 unspecified atom stereocenters. The van der Waals surface area contributed by atoms with Crippen molar-refractivity contribution in [3.63, 3.8) is 0 Å². The van der Waals surface area contributed by atoms with Crippen molar-refractivity contribution in [1.82, 2.24) is 9.80 Å². The van der Waals surface area contributed by atoms with E-state index in [-0.39, 0.29) is 23.0 Å². The molecule has 146 valence electrons. The molecule has 0 bridgehead atoms. The standard InChI is InChI=1S/C19H25N3O4S/c1-26-19(25)16-13-22(11-12-27-16)17(23)14-20-7-9-21(10-8-20)18(24)15-5-3-2-4-6-15/h2-6,16H,7-14H2,1H3/p+1/t16-/m1/s1. The smallest absolute Gasteiger partial charge is 0.320 e. The number of esters is 1. The van der Waals surface area contributed by atoms with Crippen LogP contribution in [-0.2, 0) is 14.3 Å². The zero-order valence-corrected chi connectivity index (χ0v) is 16.4. The lowest BCUT2D eigenvalue weighted by molar-refractivity contribution is -0.896. The van der Waals surface area contributed by atoms with Gasteiger partial charge in [-0.3, -0.25) is 14.4 Å². The molecule has 1 N–H and O–H groups in total. The number of quaternary nitrogens is 1. The molecule has 2 heterocycles. The van der Waals surface area contributed by atoms with Crippen molar-refractivity contribution >= 4 is 29.5 Å². The predicted molar refractivity (Wildman–Crippen MR) is 103 cm³/mol. The quantitative estimate of drug-likeness (QED) is 0.676. The average Bonchev–Trinajstić information content (AvgIpc) is 2.74. The molecular weight excluding hydrogens is 366 g/mol. The second kappa shape index (κ2) is 9.23. The van der Waals surface area contributed by atoms with Gasteiger partial charge in [0.05, 0.1) is 33.3 Å². The van der Waals surface area contributed by atoms with E-state index in [0.717, 1.165) is 18.8 Å². The number of rotatable bonds is 4. The van der Waals surface area contributed by atoms with E-state index in [1.165, 1.54) is 12.0 Å². The summed E-state index contributed by atoms with van der Waals surface area (Å²) in [5.41, 5.74) is 0.705. The molecule has 2 saturated heterocycles. The molecule has 27 heavy (non-hydrogen) atoms. The number of carbonyl (C=O) groups is 3. The van der Waals surface area contributed by atoms with Gasteiger partial charge in [0.1, 0.15) is 5.25 Å². The molecule has 0 aromatic heterocycles. The van der Waals surface area contributed by atoms with Gasteiger partial charge in [0.15, 0.2) is 6.54 Å². The van der Waals surface area contributed by atoms with E-state index in [1.807, 2.05) is 35.2 Å². The van der Waals surface area contributed by atoms with Gasteiger partial charge in [-0.2, -0.15) is 0 Å². The average molecular weight is 393 g/mol. The Hall–Kier alpha value is -2.06. The van der Waals surface area contributed by atoms with E-state index < -0.39 is 0 Å². The van der Waals surface area contributed by atoms with Gasteiger partial charge in [0.2, 0.25) is 0 Å². The van der Waals surface area contributed by atoms with Crippen LogP contribution < -0.4 is 4.90 Å². The number of methoxy groups -OCH3 is 1. The number of thioether (sulfide) groups is 1. The highest BCUT2D eigenvalue weighted by molar-refractivity contribution is 8.00. The monoisotopic (exact) mass is 392 g/mol. The molecule has 7 nitrogen and oxygen atoms in total. The van der Waals surface area contributed by atoms with Gasteiger partial charge in [0.25, 0.3) is 11.8 Å². The van der Waals surface area contributed by atoms with E-state index in [2.05, 4.69) is 0 Å². The molecule has 1 aromatic carbocycles. The van der Waals surface area contributed by atoms with Gasteiger partial charge in [-0.1, -0.05) is 18.2 Å². The first-order valence-electron chi connectivity index (χ1n) is 9.23. The van der Waals surface area contributed by atoms with Gasteiger partial charge < -0.3 is 19.4 Å². The van der Waals surface area contributed by atoms with Crippen molar-refractivity contribution in [2.45, 2.75) is 5.25 Å². The Balaban J connectivity index is 1.47. The van der Waals surface area contributed by atoms with Crippen molar-refractivity contribution in [2.24, 2.45) is 0 Å². The van der Waals surface area contributed by atoms with Crippen LogP contribution in [0.5, 0.6) is 0 Å². The third kappa shape index (κ3) is 5.01. The zero-order valence-electron chi connectivity index (χ0n) is 15.6. The predicted octanol–water partition coefficient (Wildman–Crippen LogP) is -0.856. The maximum Gasteiger partial charge on any atom is 0.320 e. The van der Waals surface area contributed by atoms with Crippen LogP contribution in [-0.4, -0.2) is 91.5 Å². The summed E-state index contributed by atoms with van der Waals surface area (Å²) in [6.07, 6.45) is 0. The Labute approximate surface area is 163 Å². The number of benzene rings is 1. The number of nitrogens with one attached hydrogen (secondary N) is 1. The van der Waals surface area contributed by atoms with Gasteiger partial charge in [-0.15, -0.1) is 11.8 Å². The highest BCUT2D eigenvalue weighted by Gasteiger charge is 2.32. The van der Waals surface area contributed by atoms with Crippen LogP contribution in [0.2, 0.25) is 0 Å². The Kier molecular flexibility index (Phi) is 6.73. The number of hydrogen-bond acceptors (Lipinski definition) is 5. The molecule has 2 aliphatic heterocycles. The SMILES string of the molecule is COC(=O)[C@H]1CN(C(=O)C[NH+]2CCN(C(=O)c3ccccc3)CC2)CCS1. The summed E-state index contributed by atoms with van der Waals surface area (Å²) in [7, 11) is 1.38. The van der Waals surface area contributed by atoms with Crippen molar-refractivity contribution in [3.05, 3.63) is 35.9 Å². The fourth-order valence-electron chi connectivity index (χ4n) is 3.44. The molecule has 8 heteroatoms.